The molecule has 0 saturated carbocycles. The number of likely N-dealkylation sites (N-methyl/N-ethyl adjacent to an activating group) is 1. The number of hydrogen-bond donors (Lipinski definition) is 1. The zero-order valence-electron chi connectivity index (χ0n) is 13.8. The van der Waals surface area contributed by atoms with Crippen LogP contribution in [0.15, 0.2) is 35.3 Å². The maximum Gasteiger partial charge on any atom is 0.193 e. The summed E-state index contributed by atoms with van der Waals surface area (Å²) in [4.78, 5) is 9.40. The first-order valence-electron chi connectivity index (χ1n) is 8.52. The predicted molar refractivity (Wildman–Crippen MR) is 92.1 cm³/mol. The summed E-state index contributed by atoms with van der Waals surface area (Å²) in [7, 11) is 2.11. The Kier molecular flexibility index (Phi) is 4.98. The van der Waals surface area contributed by atoms with Gasteiger partial charge in [-0.2, -0.15) is 0 Å². The van der Waals surface area contributed by atoms with E-state index >= 15 is 0 Å². The van der Waals surface area contributed by atoms with Crippen molar-refractivity contribution in [1.29, 1.82) is 0 Å². The number of rotatable bonds is 4. The van der Waals surface area contributed by atoms with Gasteiger partial charge >= 0.3 is 0 Å². The topological polar surface area (TPSA) is 30.9 Å². The average molecular weight is 300 g/mol. The molecule has 3 rings (SSSR count). The minimum Gasteiger partial charge on any atom is -0.354 e. The molecule has 0 radical (unpaired) electrons. The summed E-state index contributed by atoms with van der Waals surface area (Å²) in [5.41, 5.74) is 1.41. The van der Waals surface area contributed by atoms with E-state index in [9.17, 15) is 0 Å². The van der Waals surface area contributed by atoms with Gasteiger partial charge in [-0.15, -0.1) is 0 Å². The van der Waals surface area contributed by atoms with E-state index < -0.39 is 0 Å². The van der Waals surface area contributed by atoms with Gasteiger partial charge < -0.3 is 10.2 Å². The van der Waals surface area contributed by atoms with Gasteiger partial charge in [0.25, 0.3) is 0 Å². The quantitative estimate of drug-likeness (QED) is 0.926. The lowest BCUT2D eigenvalue weighted by molar-refractivity contribution is 0.138. The predicted octanol–water partition coefficient (Wildman–Crippen LogP) is 2.35. The molecule has 2 heterocycles. The molecule has 0 aromatic heterocycles. The van der Waals surface area contributed by atoms with Gasteiger partial charge in [-0.1, -0.05) is 37.3 Å². The molecule has 0 spiro atoms. The summed E-state index contributed by atoms with van der Waals surface area (Å²) in [6, 6.07) is 11.3. The van der Waals surface area contributed by atoms with Gasteiger partial charge in [0.05, 0.1) is 12.6 Å². The Hall–Kier alpha value is -1.55. The third-order valence-corrected chi connectivity index (χ3v) is 4.96. The molecular weight excluding hydrogens is 272 g/mol. The molecule has 1 unspecified atom stereocenters. The lowest BCUT2D eigenvalue weighted by Gasteiger charge is -2.37. The minimum absolute atomic E-state index is 0.436. The maximum absolute atomic E-state index is 4.55. The average Bonchev–Trinajstić information content (AvgIpc) is 2.96. The zero-order valence-corrected chi connectivity index (χ0v) is 13.8. The Morgan fingerprint density at radius 2 is 1.91 bits per heavy atom. The molecule has 1 aromatic rings. The highest BCUT2D eigenvalue weighted by Gasteiger charge is 2.25. The summed E-state index contributed by atoms with van der Waals surface area (Å²) < 4.78 is 0. The molecule has 1 atom stereocenters. The fourth-order valence-corrected chi connectivity index (χ4v) is 3.38. The molecule has 1 aromatic carbocycles. The van der Waals surface area contributed by atoms with Gasteiger partial charge in [0.2, 0.25) is 0 Å². The molecule has 120 valence electrons. The molecule has 1 saturated heterocycles. The number of nitrogens with zero attached hydrogens (tertiary/aromatic N) is 3. The van der Waals surface area contributed by atoms with E-state index in [1.54, 1.807) is 0 Å². The normalized spacial score (nSPS) is 21.7. The molecule has 1 fully saturated rings. The highest BCUT2D eigenvalue weighted by atomic mass is 15.3. The monoisotopic (exact) mass is 300 g/mol. The standard InChI is InChI=1S/C18H28N4/c1-15-8-11-22(12-9-15)17(16-6-4-3-5-7-16)14-20-18-19-10-13-21(18)2/h3-7,15,17H,8-14H2,1-2H3,(H,19,20). The second kappa shape index (κ2) is 7.14. The van der Waals surface area contributed by atoms with Gasteiger partial charge in [0, 0.05) is 20.1 Å². The van der Waals surface area contributed by atoms with E-state index in [0.717, 1.165) is 31.5 Å². The van der Waals surface area contributed by atoms with E-state index in [1.165, 1.54) is 31.5 Å². The number of guanidine groups is 1. The summed E-state index contributed by atoms with van der Waals surface area (Å²) in [6.45, 7) is 7.64. The van der Waals surface area contributed by atoms with E-state index in [0.29, 0.717) is 6.04 Å². The first kappa shape index (κ1) is 15.3. The number of piperidine rings is 1. The summed E-state index contributed by atoms with van der Waals surface area (Å²) in [5, 5.41) is 3.57. The van der Waals surface area contributed by atoms with Crippen molar-refractivity contribution in [2.24, 2.45) is 10.9 Å². The van der Waals surface area contributed by atoms with Crippen LogP contribution in [-0.4, -0.2) is 55.5 Å². The maximum atomic E-state index is 4.55. The van der Waals surface area contributed by atoms with E-state index in [4.69, 9.17) is 0 Å². The second-order valence-corrected chi connectivity index (χ2v) is 6.65. The highest BCUT2D eigenvalue weighted by molar-refractivity contribution is 5.81. The Morgan fingerprint density at radius 3 is 2.55 bits per heavy atom. The van der Waals surface area contributed by atoms with Crippen LogP contribution in [0.25, 0.3) is 0 Å². The molecule has 0 aliphatic carbocycles. The smallest absolute Gasteiger partial charge is 0.193 e. The third-order valence-electron chi connectivity index (χ3n) is 4.96. The summed E-state index contributed by atoms with van der Waals surface area (Å²) in [5.74, 6) is 1.91. The molecule has 2 aliphatic heterocycles. The molecule has 4 nitrogen and oxygen atoms in total. The molecule has 0 bridgehead atoms. The molecular formula is C18H28N4. The number of benzene rings is 1. The van der Waals surface area contributed by atoms with Crippen molar-refractivity contribution in [3.8, 4) is 0 Å². The van der Waals surface area contributed by atoms with Crippen LogP contribution in [0.5, 0.6) is 0 Å². The third kappa shape index (κ3) is 3.61. The van der Waals surface area contributed by atoms with E-state index in [1.807, 2.05) is 0 Å². The van der Waals surface area contributed by atoms with Crippen molar-refractivity contribution >= 4 is 5.96 Å². The van der Waals surface area contributed by atoms with Crippen LogP contribution < -0.4 is 5.32 Å². The van der Waals surface area contributed by atoms with Crippen LogP contribution in [0.1, 0.15) is 31.4 Å². The number of likely N-dealkylation sites (tertiary alicyclic amines) is 1. The fourth-order valence-electron chi connectivity index (χ4n) is 3.38. The Labute approximate surface area is 134 Å². The van der Waals surface area contributed by atoms with Crippen LogP contribution in [0, 0.1) is 5.92 Å². The van der Waals surface area contributed by atoms with Gasteiger partial charge in [0.15, 0.2) is 5.96 Å². The first-order valence-corrected chi connectivity index (χ1v) is 8.52. The lowest BCUT2D eigenvalue weighted by Crippen LogP contribution is -2.44. The van der Waals surface area contributed by atoms with Crippen LogP contribution in [0.2, 0.25) is 0 Å². The zero-order chi connectivity index (χ0) is 15.4. The van der Waals surface area contributed by atoms with Crippen molar-refractivity contribution in [2.75, 3.05) is 39.8 Å². The Bertz CT molecular complexity index is 491. The minimum atomic E-state index is 0.436. The van der Waals surface area contributed by atoms with Crippen molar-refractivity contribution in [3.63, 3.8) is 0 Å². The first-order chi connectivity index (χ1) is 10.7. The summed E-state index contributed by atoms with van der Waals surface area (Å²) in [6.07, 6.45) is 2.62. The van der Waals surface area contributed by atoms with Crippen LogP contribution in [0.4, 0.5) is 0 Å². The van der Waals surface area contributed by atoms with E-state index in [-0.39, 0.29) is 0 Å². The molecule has 4 heteroatoms. The molecule has 2 aliphatic rings. The molecule has 0 amide bonds. The van der Waals surface area contributed by atoms with E-state index in [2.05, 4.69) is 64.4 Å². The number of aliphatic imine (C=N–C) groups is 1. The van der Waals surface area contributed by atoms with Crippen molar-refractivity contribution in [3.05, 3.63) is 35.9 Å². The lowest BCUT2D eigenvalue weighted by atomic mass is 9.95. The molecule has 22 heavy (non-hydrogen) atoms. The fraction of sp³-hybridized carbons (Fsp3) is 0.611. The number of hydrogen-bond acceptors (Lipinski definition) is 4. The highest BCUT2D eigenvalue weighted by Crippen LogP contribution is 2.26. The SMILES string of the molecule is CC1CCN(C(CNC2=NCCN2C)c2ccccc2)CC1. The van der Waals surface area contributed by atoms with Gasteiger partial charge in [-0.3, -0.25) is 9.89 Å². The van der Waals surface area contributed by atoms with Crippen molar-refractivity contribution in [1.82, 2.24) is 15.1 Å². The second-order valence-electron chi connectivity index (χ2n) is 6.65. The van der Waals surface area contributed by atoms with Crippen LogP contribution in [0.3, 0.4) is 0 Å². The molecule has 1 N–H and O–H groups in total. The van der Waals surface area contributed by atoms with Crippen molar-refractivity contribution < 1.29 is 0 Å². The largest absolute Gasteiger partial charge is 0.354 e. The van der Waals surface area contributed by atoms with Crippen molar-refractivity contribution in [2.45, 2.75) is 25.8 Å². The van der Waals surface area contributed by atoms with Crippen LogP contribution in [-0.2, 0) is 0 Å². The summed E-state index contributed by atoms with van der Waals surface area (Å²) >= 11 is 0. The van der Waals surface area contributed by atoms with Crippen LogP contribution >= 0.6 is 0 Å². The Balaban J connectivity index is 1.69. The van der Waals surface area contributed by atoms with Gasteiger partial charge in [0.1, 0.15) is 0 Å². The van der Waals surface area contributed by atoms with Gasteiger partial charge in [-0.25, -0.2) is 0 Å². The van der Waals surface area contributed by atoms with Gasteiger partial charge in [-0.05, 0) is 37.4 Å². The Morgan fingerprint density at radius 1 is 1.18 bits per heavy atom. The number of nitrogens with one attached hydrogen (secondary N) is 1.